The van der Waals surface area contributed by atoms with Gasteiger partial charge in [-0.05, 0) is 25.8 Å². The van der Waals surface area contributed by atoms with E-state index in [4.69, 9.17) is 0 Å². The van der Waals surface area contributed by atoms with Crippen molar-refractivity contribution in [3.63, 3.8) is 0 Å². The average molecular weight is 203 g/mol. The van der Waals surface area contributed by atoms with E-state index in [2.05, 4.69) is 56.5 Å². The Hall–Kier alpha value is -1.24. The molecule has 82 valence electrons. The third kappa shape index (κ3) is 2.85. The zero-order chi connectivity index (χ0) is 11.3. The third-order valence-corrected chi connectivity index (χ3v) is 2.71. The molecule has 1 nitrogen and oxygen atoms in total. The van der Waals surface area contributed by atoms with Crippen LogP contribution in [0.2, 0.25) is 0 Å². The van der Waals surface area contributed by atoms with Crippen LogP contribution in [0, 0.1) is 6.92 Å². The molecule has 0 N–H and O–H groups in total. The van der Waals surface area contributed by atoms with Crippen LogP contribution in [-0.4, -0.2) is 18.0 Å². The summed E-state index contributed by atoms with van der Waals surface area (Å²) in [6.45, 7) is 12.8. The van der Waals surface area contributed by atoms with Gasteiger partial charge in [0.2, 0.25) is 0 Å². The van der Waals surface area contributed by atoms with E-state index in [9.17, 15) is 0 Å². The number of hydrogen-bond donors (Lipinski definition) is 0. The first-order valence-corrected chi connectivity index (χ1v) is 5.70. The van der Waals surface area contributed by atoms with Gasteiger partial charge in [-0.3, -0.25) is 0 Å². The maximum Gasteiger partial charge on any atom is 0.0369 e. The molecule has 0 fully saturated rings. The van der Waals surface area contributed by atoms with E-state index in [1.54, 1.807) is 0 Å². The highest BCUT2D eigenvalue weighted by molar-refractivity contribution is 5.64. The van der Waals surface area contributed by atoms with Gasteiger partial charge in [0.25, 0.3) is 0 Å². The largest absolute Gasteiger partial charge is 0.372 e. The topological polar surface area (TPSA) is 3.24 Å². The van der Waals surface area contributed by atoms with Crippen molar-refractivity contribution in [3.8, 4) is 0 Å². The van der Waals surface area contributed by atoms with Crippen molar-refractivity contribution >= 4 is 5.70 Å². The molecule has 0 saturated carbocycles. The summed E-state index contributed by atoms with van der Waals surface area (Å²) in [4.78, 5) is 2.34. The molecule has 0 radical (unpaired) electrons. The van der Waals surface area contributed by atoms with Crippen molar-refractivity contribution in [1.29, 1.82) is 0 Å². The molecule has 1 heteroatoms. The van der Waals surface area contributed by atoms with Crippen LogP contribution in [0.1, 0.15) is 31.4 Å². The van der Waals surface area contributed by atoms with Crippen LogP contribution < -0.4 is 0 Å². The van der Waals surface area contributed by atoms with Crippen LogP contribution in [0.25, 0.3) is 5.70 Å². The molecular weight excluding hydrogens is 182 g/mol. The summed E-state index contributed by atoms with van der Waals surface area (Å²) in [7, 11) is 0. The van der Waals surface area contributed by atoms with E-state index < -0.39 is 0 Å². The predicted octanol–water partition coefficient (Wildman–Crippen LogP) is 3.70. The predicted molar refractivity (Wildman–Crippen MR) is 67.8 cm³/mol. The molecule has 0 aliphatic rings. The molecule has 0 atom stereocenters. The van der Waals surface area contributed by atoms with E-state index in [-0.39, 0.29) is 0 Å². The Morgan fingerprint density at radius 1 is 1.27 bits per heavy atom. The van der Waals surface area contributed by atoms with Crippen molar-refractivity contribution in [2.24, 2.45) is 0 Å². The second-order valence-corrected chi connectivity index (χ2v) is 3.84. The smallest absolute Gasteiger partial charge is 0.0369 e. The molecule has 1 aromatic rings. The summed E-state index contributed by atoms with van der Waals surface area (Å²) in [5.74, 6) is 0. The lowest BCUT2D eigenvalue weighted by Gasteiger charge is -2.25. The minimum atomic E-state index is 1.03. The third-order valence-electron chi connectivity index (χ3n) is 2.71. The van der Waals surface area contributed by atoms with Crippen LogP contribution in [0.15, 0.2) is 30.8 Å². The monoisotopic (exact) mass is 203 g/mol. The van der Waals surface area contributed by atoms with E-state index >= 15 is 0 Å². The molecule has 0 spiro atoms. The van der Waals surface area contributed by atoms with E-state index in [0.29, 0.717) is 0 Å². The van der Waals surface area contributed by atoms with Gasteiger partial charge in [0.1, 0.15) is 0 Å². The first-order valence-electron chi connectivity index (χ1n) is 5.70. The second kappa shape index (κ2) is 5.59. The maximum absolute atomic E-state index is 4.20. The Balaban J connectivity index is 2.88. The SMILES string of the molecule is C=C(c1ccccc1C)N(CC)CCC. The highest BCUT2D eigenvalue weighted by atomic mass is 15.1. The highest BCUT2D eigenvalue weighted by Gasteiger charge is 2.08. The molecule has 0 bridgehead atoms. The van der Waals surface area contributed by atoms with Crippen molar-refractivity contribution in [2.45, 2.75) is 27.2 Å². The van der Waals surface area contributed by atoms with Crippen molar-refractivity contribution < 1.29 is 0 Å². The fraction of sp³-hybridized carbons (Fsp3) is 0.429. The zero-order valence-corrected chi connectivity index (χ0v) is 10.1. The molecular formula is C14H21N. The molecule has 0 aromatic heterocycles. The first kappa shape index (κ1) is 11.8. The van der Waals surface area contributed by atoms with E-state index in [1.807, 2.05) is 0 Å². The number of nitrogens with zero attached hydrogens (tertiary/aromatic N) is 1. The first-order chi connectivity index (χ1) is 7.20. The van der Waals surface area contributed by atoms with Crippen molar-refractivity contribution in [3.05, 3.63) is 42.0 Å². The normalized spacial score (nSPS) is 10.1. The number of hydrogen-bond acceptors (Lipinski definition) is 1. The minimum Gasteiger partial charge on any atom is -0.372 e. The summed E-state index contributed by atoms with van der Waals surface area (Å²) < 4.78 is 0. The zero-order valence-electron chi connectivity index (χ0n) is 10.1. The Bertz CT molecular complexity index is 328. The van der Waals surface area contributed by atoms with E-state index in [1.165, 1.54) is 17.5 Å². The fourth-order valence-corrected chi connectivity index (χ4v) is 1.82. The summed E-state index contributed by atoms with van der Waals surface area (Å²) in [5.41, 5.74) is 3.72. The van der Waals surface area contributed by atoms with Crippen LogP contribution in [0.4, 0.5) is 0 Å². The summed E-state index contributed by atoms with van der Waals surface area (Å²) >= 11 is 0. The van der Waals surface area contributed by atoms with Gasteiger partial charge in [-0.15, -0.1) is 0 Å². The van der Waals surface area contributed by atoms with Crippen LogP contribution in [0.3, 0.4) is 0 Å². The molecule has 0 aliphatic carbocycles. The lowest BCUT2D eigenvalue weighted by Crippen LogP contribution is -2.22. The Kier molecular flexibility index (Phi) is 4.41. The maximum atomic E-state index is 4.20. The van der Waals surface area contributed by atoms with Gasteiger partial charge in [-0.1, -0.05) is 37.8 Å². The molecule has 0 amide bonds. The van der Waals surface area contributed by atoms with Gasteiger partial charge < -0.3 is 4.90 Å². The van der Waals surface area contributed by atoms with Gasteiger partial charge in [0, 0.05) is 24.4 Å². The van der Waals surface area contributed by atoms with Gasteiger partial charge >= 0.3 is 0 Å². The Labute approximate surface area is 93.4 Å². The summed E-state index contributed by atoms with van der Waals surface area (Å²) in [5, 5.41) is 0. The van der Waals surface area contributed by atoms with Gasteiger partial charge in [-0.25, -0.2) is 0 Å². The van der Waals surface area contributed by atoms with Gasteiger partial charge in [-0.2, -0.15) is 0 Å². The van der Waals surface area contributed by atoms with Crippen molar-refractivity contribution in [2.75, 3.05) is 13.1 Å². The number of rotatable bonds is 5. The summed E-state index contributed by atoms with van der Waals surface area (Å²) in [6, 6.07) is 8.44. The molecule has 0 heterocycles. The molecule has 0 saturated heterocycles. The molecule has 1 aromatic carbocycles. The lowest BCUT2D eigenvalue weighted by atomic mass is 10.1. The summed E-state index contributed by atoms with van der Waals surface area (Å²) in [6.07, 6.45) is 1.17. The lowest BCUT2D eigenvalue weighted by molar-refractivity contribution is 0.418. The molecule has 0 unspecified atom stereocenters. The molecule has 15 heavy (non-hydrogen) atoms. The van der Waals surface area contributed by atoms with Gasteiger partial charge in [0.15, 0.2) is 0 Å². The van der Waals surface area contributed by atoms with Crippen molar-refractivity contribution in [1.82, 2.24) is 4.90 Å². The fourth-order valence-electron chi connectivity index (χ4n) is 1.82. The van der Waals surface area contributed by atoms with Crippen LogP contribution in [-0.2, 0) is 0 Å². The second-order valence-electron chi connectivity index (χ2n) is 3.84. The average Bonchev–Trinajstić information content (AvgIpc) is 2.25. The standard InChI is InChI=1S/C14H21N/c1-5-11-15(6-2)13(4)14-10-8-7-9-12(14)3/h7-10H,4-6,11H2,1-3H3. The quantitative estimate of drug-likeness (QED) is 0.705. The molecule has 1 rings (SSSR count). The van der Waals surface area contributed by atoms with E-state index in [0.717, 1.165) is 18.8 Å². The number of benzene rings is 1. The van der Waals surface area contributed by atoms with Gasteiger partial charge in [0.05, 0.1) is 0 Å². The molecule has 0 aliphatic heterocycles. The Morgan fingerprint density at radius 3 is 2.47 bits per heavy atom. The minimum absolute atomic E-state index is 1.03. The van der Waals surface area contributed by atoms with Crippen LogP contribution in [0.5, 0.6) is 0 Å². The highest BCUT2D eigenvalue weighted by Crippen LogP contribution is 2.20. The van der Waals surface area contributed by atoms with Crippen LogP contribution >= 0.6 is 0 Å². The number of aryl methyl sites for hydroxylation is 1. The Morgan fingerprint density at radius 2 is 1.93 bits per heavy atom.